The molecule has 0 aliphatic heterocycles. The number of carboxylic acids is 1. The molecule has 0 saturated heterocycles. The van der Waals surface area contributed by atoms with E-state index in [-0.39, 0.29) is 12.2 Å². The predicted molar refractivity (Wildman–Crippen MR) is 120 cm³/mol. The molecule has 0 amide bonds. The van der Waals surface area contributed by atoms with Gasteiger partial charge in [-0.25, -0.2) is 4.79 Å². The lowest BCUT2D eigenvalue weighted by Gasteiger charge is -2.31. The first-order chi connectivity index (χ1) is 13.4. The van der Waals surface area contributed by atoms with Crippen molar-refractivity contribution in [3.63, 3.8) is 0 Å². The Balaban J connectivity index is 2.26. The van der Waals surface area contributed by atoms with E-state index in [1.165, 1.54) is 12.1 Å². The Bertz CT molecular complexity index is 929. The fourth-order valence-corrected chi connectivity index (χ4v) is 4.39. The Morgan fingerprint density at radius 3 is 1.90 bits per heavy atom. The third-order valence-electron chi connectivity index (χ3n) is 3.91. The predicted octanol–water partition coefficient (Wildman–Crippen LogP) is 3.30. The zero-order chi connectivity index (χ0) is 21.8. The molecule has 2 rings (SSSR count). The lowest BCUT2D eigenvalue weighted by atomic mass is 9.88. The monoisotopic (exact) mass is 647 g/mol. The van der Waals surface area contributed by atoms with Crippen LogP contribution < -0.4 is 4.74 Å². The van der Waals surface area contributed by atoms with Crippen molar-refractivity contribution in [1.29, 1.82) is 0 Å². The minimum absolute atomic E-state index is 0.0971. The molecular formula is C17H16I2NO8P. The number of Topliss-reactive ketones (excluding diaryl/α,β-unsaturated/α-hetero) is 1. The van der Waals surface area contributed by atoms with Crippen molar-refractivity contribution >= 4 is 65.1 Å². The van der Waals surface area contributed by atoms with Gasteiger partial charge in [-0.15, -0.1) is 0 Å². The molecule has 2 aromatic rings. The van der Waals surface area contributed by atoms with Gasteiger partial charge in [0.25, 0.3) is 0 Å². The Hall–Kier alpha value is -1.25. The number of aromatic hydroxyl groups is 1. The summed E-state index contributed by atoms with van der Waals surface area (Å²) in [5.74, 6) is -1.57. The lowest BCUT2D eigenvalue weighted by Crippen LogP contribution is -2.56. The zero-order valence-corrected chi connectivity index (χ0v) is 19.8. The van der Waals surface area contributed by atoms with Crippen molar-refractivity contribution in [2.24, 2.45) is 0 Å². The van der Waals surface area contributed by atoms with E-state index in [0.29, 0.717) is 17.1 Å². The molecule has 1 unspecified atom stereocenters. The van der Waals surface area contributed by atoms with Crippen LogP contribution in [0.1, 0.15) is 5.56 Å². The number of hydrogen-bond acceptors (Lipinski definition) is 6. The zero-order valence-electron chi connectivity index (χ0n) is 14.6. The summed E-state index contributed by atoms with van der Waals surface area (Å²) in [7, 11) is -4.74. The van der Waals surface area contributed by atoms with Crippen molar-refractivity contribution in [3.8, 4) is 17.2 Å². The first-order valence-corrected chi connectivity index (χ1v) is 11.7. The minimum atomic E-state index is -4.74. The van der Waals surface area contributed by atoms with Gasteiger partial charge in [0.1, 0.15) is 23.4 Å². The normalized spacial score (nSPS) is 13.7. The summed E-state index contributed by atoms with van der Waals surface area (Å²) in [6, 6.07) is 12.4. The molecule has 29 heavy (non-hydrogen) atoms. The van der Waals surface area contributed by atoms with Crippen LogP contribution in [-0.2, 0) is 20.6 Å². The molecule has 0 aromatic heterocycles. The Morgan fingerprint density at radius 2 is 1.48 bits per heavy atom. The van der Waals surface area contributed by atoms with Gasteiger partial charge in [0, 0.05) is 52.1 Å². The third kappa shape index (κ3) is 6.36. The average molecular weight is 647 g/mol. The van der Waals surface area contributed by atoms with Gasteiger partial charge in [-0.2, -0.15) is 1.33 Å². The summed E-state index contributed by atoms with van der Waals surface area (Å²) >= 11 is 3.22. The van der Waals surface area contributed by atoms with Crippen LogP contribution in [0.4, 0.5) is 0 Å². The molecule has 0 heterocycles. The van der Waals surface area contributed by atoms with Crippen LogP contribution in [0.2, 0.25) is 0 Å². The van der Waals surface area contributed by atoms with Crippen LogP contribution in [0.25, 0.3) is 0 Å². The summed E-state index contributed by atoms with van der Waals surface area (Å²) in [6.45, 7) is 0. The second-order valence-corrected chi connectivity index (χ2v) is 11.5. The maximum Gasteiger partial charge on any atom is 0.333 e. The highest BCUT2D eigenvalue weighted by atomic mass is 127. The van der Waals surface area contributed by atoms with E-state index in [4.69, 9.17) is 14.5 Å². The van der Waals surface area contributed by atoms with Gasteiger partial charge in [-0.05, 0) is 42.0 Å². The maximum absolute atomic E-state index is 12.5. The fourth-order valence-electron chi connectivity index (χ4n) is 2.46. The number of phenolic OH excluding ortho intramolecular Hbond substituents is 1. The number of rotatable bonds is 9. The molecular weight excluding hydrogens is 631 g/mol. The van der Waals surface area contributed by atoms with E-state index >= 15 is 0 Å². The number of ketones is 1. The Labute approximate surface area is 193 Å². The van der Waals surface area contributed by atoms with Gasteiger partial charge >= 0.3 is 13.6 Å². The van der Waals surface area contributed by atoms with Gasteiger partial charge < -0.3 is 24.7 Å². The molecule has 0 aliphatic rings. The second kappa shape index (κ2) is 9.71. The van der Waals surface area contributed by atoms with E-state index in [1.807, 2.05) is 0 Å². The van der Waals surface area contributed by atoms with Gasteiger partial charge in [-0.1, -0.05) is 12.1 Å². The van der Waals surface area contributed by atoms with Gasteiger partial charge in [0.15, 0.2) is 11.3 Å². The molecule has 4 N–H and O–H groups in total. The molecule has 156 valence electrons. The standard InChI is InChI=1S/C17H16I2NO8P/c18-20(19)17(16(23)24,15(22)10-29(25,26)27)9-11-1-5-13(6-2-11)28-14-7-3-12(21)4-8-14/h1-8,21H,9-10H2,(H,23,24)(H2,25,26,27). The lowest BCUT2D eigenvalue weighted by molar-refractivity contribution is -0.150. The number of nitrogens with zero attached hydrogens (tertiary/aromatic N) is 1. The topological polar surface area (TPSA) is 145 Å². The number of ether oxygens (including phenoxy) is 1. The summed E-state index contributed by atoms with van der Waals surface area (Å²) < 4.78 is 18.0. The van der Waals surface area contributed by atoms with Crippen molar-refractivity contribution in [2.45, 2.75) is 12.0 Å². The molecule has 0 radical (unpaired) electrons. The van der Waals surface area contributed by atoms with Crippen LogP contribution >= 0.6 is 53.3 Å². The molecule has 2 aromatic carbocycles. The number of carbonyl (C=O) groups excluding carboxylic acids is 1. The van der Waals surface area contributed by atoms with E-state index in [0.717, 1.165) is 1.33 Å². The van der Waals surface area contributed by atoms with Crippen LogP contribution in [-0.4, -0.2) is 44.8 Å². The molecule has 12 heteroatoms. The molecule has 0 aliphatic carbocycles. The highest BCUT2D eigenvalue weighted by Gasteiger charge is 2.51. The Kier molecular flexibility index (Phi) is 8.04. The van der Waals surface area contributed by atoms with Crippen molar-refractivity contribution in [1.82, 2.24) is 1.33 Å². The van der Waals surface area contributed by atoms with E-state index in [9.17, 15) is 24.4 Å². The van der Waals surface area contributed by atoms with E-state index in [1.54, 1.807) is 82.1 Å². The minimum Gasteiger partial charge on any atom is -0.508 e. The van der Waals surface area contributed by atoms with E-state index < -0.39 is 31.0 Å². The highest BCUT2D eigenvalue weighted by molar-refractivity contribution is 14.2. The SMILES string of the molecule is O=C(O)C(Cc1ccc(Oc2ccc(O)cc2)cc1)(C(=O)CP(=O)(O)O)N(I)I. The summed E-state index contributed by atoms with van der Waals surface area (Å²) in [5.41, 5.74) is -1.69. The number of carboxylic acid groups (broad SMARTS) is 1. The largest absolute Gasteiger partial charge is 0.508 e. The number of halogens is 2. The molecule has 0 bridgehead atoms. The summed E-state index contributed by atoms with van der Waals surface area (Å²) in [5, 5.41) is 19.0. The quantitative estimate of drug-likeness (QED) is 0.140. The first kappa shape index (κ1) is 24.0. The maximum atomic E-state index is 12.5. The average Bonchev–Trinajstić information content (AvgIpc) is 2.60. The molecule has 0 spiro atoms. The highest BCUT2D eigenvalue weighted by Crippen LogP contribution is 2.39. The number of carbonyl (C=O) groups is 2. The smallest absolute Gasteiger partial charge is 0.333 e. The number of aliphatic carboxylic acids is 1. The van der Waals surface area contributed by atoms with Crippen LogP contribution in [0.15, 0.2) is 48.5 Å². The van der Waals surface area contributed by atoms with Gasteiger partial charge in [0.05, 0.1) is 0 Å². The molecule has 9 nitrogen and oxygen atoms in total. The number of benzene rings is 2. The van der Waals surface area contributed by atoms with Crippen molar-refractivity contribution in [3.05, 3.63) is 54.1 Å². The summed E-state index contributed by atoms with van der Waals surface area (Å²) in [4.78, 5) is 42.7. The van der Waals surface area contributed by atoms with Crippen LogP contribution in [0.5, 0.6) is 17.2 Å². The van der Waals surface area contributed by atoms with E-state index in [2.05, 4.69) is 0 Å². The van der Waals surface area contributed by atoms with Gasteiger partial charge in [0.2, 0.25) is 0 Å². The second-order valence-electron chi connectivity index (χ2n) is 6.06. The van der Waals surface area contributed by atoms with Crippen molar-refractivity contribution < 1.29 is 38.9 Å². The first-order valence-electron chi connectivity index (χ1n) is 7.93. The Morgan fingerprint density at radius 1 is 1.00 bits per heavy atom. The number of hydrogen-bond donors (Lipinski definition) is 4. The molecule has 0 fully saturated rings. The molecule has 1 atom stereocenters. The summed E-state index contributed by atoms with van der Waals surface area (Å²) in [6.07, 6.45) is -1.48. The van der Waals surface area contributed by atoms with Crippen LogP contribution in [0.3, 0.4) is 0 Å². The fraction of sp³-hybridized carbons (Fsp3) is 0.176. The van der Waals surface area contributed by atoms with Crippen LogP contribution in [0, 0.1) is 0 Å². The van der Waals surface area contributed by atoms with Crippen molar-refractivity contribution in [2.75, 3.05) is 6.16 Å². The third-order valence-corrected chi connectivity index (χ3v) is 6.26. The van der Waals surface area contributed by atoms with Gasteiger partial charge in [-0.3, -0.25) is 9.36 Å². The molecule has 0 saturated carbocycles. The number of phenols is 1.